The van der Waals surface area contributed by atoms with Crippen LogP contribution in [-0.4, -0.2) is 78.5 Å². The van der Waals surface area contributed by atoms with Gasteiger partial charge >= 0.3 is 0 Å². The van der Waals surface area contributed by atoms with Crippen molar-refractivity contribution in [1.29, 1.82) is 0 Å². The molecule has 0 aromatic rings. The number of likely N-dealkylation sites (tertiary alicyclic amines) is 3. The zero-order chi connectivity index (χ0) is 14.7. The molecule has 5 nitrogen and oxygen atoms in total. The highest BCUT2D eigenvalue weighted by molar-refractivity contribution is 5.77. The van der Waals surface area contributed by atoms with Gasteiger partial charge in [0, 0.05) is 51.2 Å². The molecule has 3 heterocycles. The summed E-state index contributed by atoms with van der Waals surface area (Å²) in [6.07, 6.45) is 6.89. The van der Waals surface area contributed by atoms with Gasteiger partial charge in [0.2, 0.25) is 5.91 Å². The first-order valence-corrected chi connectivity index (χ1v) is 8.74. The van der Waals surface area contributed by atoms with E-state index in [1.54, 1.807) is 0 Å². The lowest BCUT2D eigenvalue weighted by Crippen LogP contribution is -2.45. The van der Waals surface area contributed by atoms with Crippen molar-refractivity contribution < 1.29 is 4.79 Å². The molecule has 120 valence electrons. The molecule has 0 bridgehead atoms. The molecule has 3 aliphatic heterocycles. The molecule has 0 radical (unpaired) electrons. The highest BCUT2D eigenvalue weighted by Gasteiger charge is 2.33. The van der Waals surface area contributed by atoms with Crippen molar-refractivity contribution in [3.8, 4) is 0 Å². The standard InChI is InChI=1S/C16H30N4O/c17-12-15(11-16(21)19-8-3-4-9-19)20-10-5-14(13-20)18-6-1-2-7-18/h14-15H,1-13,17H2. The highest BCUT2D eigenvalue weighted by atomic mass is 16.2. The second-order valence-corrected chi connectivity index (χ2v) is 6.86. The molecule has 2 atom stereocenters. The van der Waals surface area contributed by atoms with E-state index in [-0.39, 0.29) is 6.04 Å². The van der Waals surface area contributed by atoms with Crippen LogP contribution < -0.4 is 5.73 Å². The minimum Gasteiger partial charge on any atom is -0.343 e. The number of carbonyl (C=O) groups is 1. The van der Waals surface area contributed by atoms with E-state index in [4.69, 9.17) is 5.73 Å². The van der Waals surface area contributed by atoms with E-state index < -0.39 is 0 Å². The summed E-state index contributed by atoms with van der Waals surface area (Å²) in [7, 11) is 0. The molecule has 2 N–H and O–H groups in total. The van der Waals surface area contributed by atoms with Crippen LogP contribution in [0.3, 0.4) is 0 Å². The zero-order valence-electron chi connectivity index (χ0n) is 13.2. The van der Waals surface area contributed by atoms with Gasteiger partial charge in [-0.2, -0.15) is 0 Å². The number of rotatable bonds is 5. The van der Waals surface area contributed by atoms with Gasteiger partial charge in [-0.1, -0.05) is 0 Å². The van der Waals surface area contributed by atoms with Crippen molar-refractivity contribution in [3.05, 3.63) is 0 Å². The monoisotopic (exact) mass is 294 g/mol. The van der Waals surface area contributed by atoms with E-state index in [9.17, 15) is 4.79 Å². The first kappa shape index (κ1) is 15.3. The Labute approximate surface area is 128 Å². The Hall–Kier alpha value is -0.650. The maximum Gasteiger partial charge on any atom is 0.224 e. The van der Waals surface area contributed by atoms with Gasteiger partial charge in [-0.3, -0.25) is 14.6 Å². The van der Waals surface area contributed by atoms with E-state index in [0.29, 0.717) is 24.9 Å². The fraction of sp³-hybridized carbons (Fsp3) is 0.938. The molecule has 3 aliphatic rings. The molecule has 3 saturated heterocycles. The van der Waals surface area contributed by atoms with Gasteiger partial charge in [0.05, 0.1) is 0 Å². The van der Waals surface area contributed by atoms with Crippen LogP contribution >= 0.6 is 0 Å². The molecule has 0 aromatic heterocycles. The van der Waals surface area contributed by atoms with E-state index in [2.05, 4.69) is 9.80 Å². The number of amides is 1. The lowest BCUT2D eigenvalue weighted by atomic mass is 10.1. The summed E-state index contributed by atoms with van der Waals surface area (Å²) in [5, 5.41) is 0. The molecule has 0 saturated carbocycles. The summed E-state index contributed by atoms with van der Waals surface area (Å²) in [6, 6.07) is 0.939. The third-order valence-corrected chi connectivity index (χ3v) is 5.51. The Kier molecular flexibility index (Phi) is 5.14. The van der Waals surface area contributed by atoms with Crippen molar-refractivity contribution in [2.24, 2.45) is 5.73 Å². The zero-order valence-corrected chi connectivity index (χ0v) is 13.2. The lowest BCUT2D eigenvalue weighted by Gasteiger charge is -2.29. The third-order valence-electron chi connectivity index (χ3n) is 5.51. The summed E-state index contributed by atoms with van der Waals surface area (Å²) < 4.78 is 0. The molecule has 2 unspecified atom stereocenters. The van der Waals surface area contributed by atoms with Crippen LogP contribution in [0.1, 0.15) is 38.5 Å². The van der Waals surface area contributed by atoms with E-state index in [1.165, 1.54) is 45.2 Å². The predicted octanol–water partition coefficient (Wildman–Crippen LogP) is 0.496. The normalized spacial score (nSPS) is 29.4. The van der Waals surface area contributed by atoms with E-state index in [1.807, 2.05) is 4.90 Å². The largest absolute Gasteiger partial charge is 0.343 e. The third kappa shape index (κ3) is 3.58. The average Bonchev–Trinajstić information content (AvgIpc) is 3.26. The number of hydrogen-bond acceptors (Lipinski definition) is 4. The van der Waals surface area contributed by atoms with Crippen molar-refractivity contribution in [1.82, 2.24) is 14.7 Å². The molecular weight excluding hydrogens is 264 g/mol. The maximum atomic E-state index is 12.3. The van der Waals surface area contributed by atoms with Crippen LogP contribution in [0.15, 0.2) is 0 Å². The smallest absolute Gasteiger partial charge is 0.224 e. The maximum absolute atomic E-state index is 12.3. The number of nitrogens with zero attached hydrogens (tertiary/aromatic N) is 3. The first-order chi connectivity index (χ1) is 10.3. The van der Waals surface area contributed by atoms with Crippen LogP contribution in [0.5, 0.6) is 0 Å². The van der Waals surface area contributed by atoms with Crippen LogP contribution in [0, 0.1) is 0 Å². The van der Waals surface area contributed by atoms with Gasteiger partial charge < -0.3 is 10.6 Å². The molecule has 0 aliphatic carbocycles. The quantitative estimate of drug-likeness (QED) is 0.802. The van der Waals surface area contributed by atoms with Crippen LogP contribution in [0.4, 0.5) is 0 Å². The Morgan fingerprint density at radius 2 is 1.71 bits per heavy atom. The van der Waals surface area contributed by atoms with Gasteiger partial charge in [0.25, 0.3) is 0 Å². The lowest BCUT2D eigenvalue weighted by molar-refractivity contribution is -0.131. The minimum absolute atomic E-state index is 0.241. The predicted molar refractivity (Wildman–Crippen MR) is 84.1 cm³/mol. The fourth-order valence-electron chi connectivity index (χ4n) is 4.16. The van der Waals surface area contributed by atoms with E-state index >= 15 is 0 Å². The average molecular weight is 294 g/mol. The molecule has 3 fully saturated rings. The molecule has 21 heavy (non-hydrogen) atoms. The Morgan fingerprint density at radius 3 is 2.38 bits per heavy atom. The van der Waals surface area contributed by atoms with Gasteiger partial charge in [-0.05, 0) is 45.2 Å². The number of hydrogen-bond donors (Lipinski definition) is 1. The fourth-order valence-corrected chi connectivity index (χ4v) is 4.16. The second kappa shape index (κ2) is 7.07. The van der Waals surface area contributed by atoms with Gasteiger partial charge in [0.15, 0.2) is 0 Å². The minimum atomic E-state index is 0.241. The first-order valence-electron chi connectivity index (χ1n) is 8.74. The Morgan fingerprint density at radius 1 is 1.05 bits per heavy atom. The van der Waals surface area contributed by atoms with Crippen LogP contribution in [0.2, 0.25) is 0 Å². The van der Waals surface area contributed by atoms with Crippen LogP contribution in [0.25, 0.3) is 0 Å². The van der Waals surface area contributed by atoms with Crippen molar-refractivity contribution in [3.63, 3.8) is 0 Å². The van der Waals surface area contributed by atoms with Gasteiger partial charge in [-0.25, -0.2) is 0 Å². The molecule has 5 heteroatoms. The molecular formula is C16H30N4O. The molecule has 0 aromatic carbocycles. The molecule has 1 amide bonds. The van der Waals surface area contributed by atoms with Gasteiger partial charge in [-0.15, -0.1) is 0 Å². The van der Waals surface area contributed by atoms with Gasteiger partial charge in [0.1, 0.15) is 0 Å². The second-order valence-electron chi connectivity index (χ2n) is 6.86. The topological polar surface area (TPSA) is 52.8 Å². The molecule has 3 rings (SSSR count). The SMILES string of the molecule is NCC(CC(=O)N1CCCC1)N1CCC(N2CCCC2)C1. The van der Waals surface area contributed by atoms with Crippen molar-refractivity contribution >= 4 is 5.91 Å². The summed E-state index contributed by atoms with van der Waals surface area (Å²) >= 11 is 0. The Balaban J connectivity index is 1.50. The highest BCUT2D eigenvalue weighted by Crippen LogP contribution is 2.23. The summed E-state index contributed by atoms with van der Waals surface area (Å²) in [4.78, 5) is 19.5. The molecule has 0 spiro atoms. The Bertz CT molecular complexity index is 350. The van der Waals surface area contributed by atoms with E-state index in [0.717, 1.165) is 26.2 Å². The van der Waals surface area contributed by atoms with Crippen molar-refractivity contribution in [2.45, 2.75) is 50.6 Å². The van der Waals surface area contributed by atoms with Crippen LogP contribution in [-0.2, 0) is 4.79 Å². The summed E-state index contributed by atoms with van der Waals surface area (Å²) in [6.45, 7) is 7.24. The number of carbonyl (C=O) groups excluding carboxylic acids is 1. The van der Waals surface area contributed by atoms with Crippen molar-refractivity contribution in [2.75, 3.05) is 45.8 Å². The number of nitrogens with two attached hydrogens (primary N) is 1. The summed E-state index contributed by atoms with van der Waals surface area (Å²) in [5.41, 5.74) is 5.97. The summed E-state index contributed by atoms with van der Waals surface area (Å²) in [5.74, 6) is 0.313.